The van der Waals surface area contributed by atoms with Gasteiger partial charge >= 0.3 is 0 Å². The van der Waals surface area contributed by atoms with Crippen LogP contribution in [-0.2, 0) is 6.42 Å². The number of rotatable bonds is 3. The lowest BCUT2D eigenvalue weighted by molar-refractivity contribution is 0.595. The van der Waals surface area contributed by atoms with Crippen LogP contribution in [0, 0.1) is 0 Å². The number of aryl methyl sites for hydroxylation is 1. The van der Waals surface area contributed by atoms with E-state index < -0.39 is 0 Å². The second-order valence-electron chi connectivity index (χ2n) is 12.3. The van der Waals surface area contributed by atoms with Crippen molar-refractivity contribution < 1.29 is 8.83 Å². The predicted octanol–water partition coefficient (Wildman–Crippen LogP) is 12.6. The molecule has 1 aliphatic rings. The van der Waals surface area contributed by atoms with E-state index in [4.69, 9.17) is 8.83 Å². The first-order valence-electron chi connectivity index (χ1n) is 16.0. The summed E-state index contributed by atoms with van der Waals surface area (Å²) in [5, 5.41) is 8.29. The Balaban J connectivity index is 1.28. The van der Waals surface area contributed by atoms with Gasteiger partial charge in [0, 0.05) is 21.7 Å². The SMILES string of the molecule is C1=Cc2oc3cc4c(cc3c2CC1)oc1cccc(-c2c3ccccc3c(-c3cccc(-c5ccccc5)c3)c3ccccc23)c14. The van der Waals surface area contributed by atoms with Crippen LogP contribution in [0.3, 0.4) is 0 Å². The molecule has 0 N–H and O–H groups in total. The van der Waals surface area contributed by atoms with Crippen LogP contribution in [0.25, 0.3) is 93.9 Å². The summed E-state index contributed by atoms with van der Waals surface area (Å²) in [6.07, 6.45) is 6.34. The molecule has 0 saturated heterocycles. The Bertz CT molecular complexity index is 2630. The van der Waals surface area contributed by atoms with E-state index in [0.717, 1.165) is 51.5 Å². The molecule has 0 amide bonds. The molecule has 0 radical (unpaired) electrons. The second kappa shape index (κ2) is 9.82. The lowest BCUT2D eigenvalue weighted by Crippen LogP contribution is -1.91. The van der Waals surface area contributed by atoms with E-state index in [1.807, 2.05) is 0 Å². The van der Waals surface area contributed by atoms with Crippen molar-refractivity contribution in [3.05, 3.63) is 151 Å². The van der Waals surface area contributed by atoms with Gasteiger partial charge in [-0.25, -0.2) is 0 Å². The van der Waals surface area contributed by atoms with Crippen molar-refractivity contribution in [1.82, 2.24) is 0 Å². The Hall–Kier alpha value is -5.86. The van der Waals surface area contributed by atoms with E-state index in [0.29, 0.717) is 0 Å². The van der Waals surface area contributed by atoms with Crippen LogP contribution in [0.4, 0.5) is 0 Å². The van der Waals surface area contributed by atoms with Crippen molar-refractivity contribution in [2.75, 3.05) is 0 Å². The maximum Gasteiger partial charge on any atom is 0.136 e. The standard InChI is InChI=1S/C44H28O2/c1-2-12-27(13-3-1)28-14-10-15-29(24-28)42-31-17-4-6-19-33(31)43(34-20-7-5-18-32(34)42)35-21-11-23-39-44(35)37-26-40-36(25-41(37)46-39)30-16-8-9-22-38(30)45-40/h1-7,9-15,17-26H,8,16H2. The van der Waals surface area contributed by atoms with E-state index in [1.165, 1.54) is 60.5 Å². The Labute approximate surface area is 265 Å². The number of allylic oxidation sites excluding steroid dienone is 1. The normalized spacial score (nSPS) is 13.0. The van der Waals surface area contributed by atoms with Crippen LogP contribution in [0.2, 0.25) is 0 Å². The van der Waals surface area contributed by atoms with E-state index in [2.05, 4.69) is 146 Å². The topological polar surface area (TPSA) is 26.3 Å². The van der Waals surface area contributed by atoms with Crippen LogP contribution >= 0.6 is 0 Å². The summed E-state index contributed by atoms with van der Waals surface area (Å²) in [5.74, 6) is 0.974. The number of benzene rings is 7. The molecule has 2 heterocycles. The third-order valence-electron chi connectivity index (χ3n) is 9.73. The molecular weight excluding hydrogens is 560 g/mol. The summed E-state index contributed by atoms with van der Waals surface area (Å²) in [5.41, 5.74) is 11.3. The highest BCUT2D eigenvalue weighted by Crippen LogP contribution is 2.48. The molecule has 0 fully saturated rings. The molecule has 0 aliphatic heterocycles. The predicted molar refractivity (Wildman–Crippen MR) is 192 cm³/mol. The van der Waals surface area contributed by atoms with Gasteiger partial charge < -0.3 is 8.83 Å². The average Bonchev–Trinajstić information content (AvgIpc) is 3.67. The highest BCUT2D eigenvalue weighted by Gasteiger charge is 2.22. The van der Waals surface area contributed by atoms with Gasteiger partial charge in [0.25, 0.3) is 0 Å². The summed E-state index contributed by atoms with van der Waals surface area (Å²) in [6.45, 7) is 0. The van der Waals surface area contributed by atoms with Gasteiger partial charge in [0.15, 0.2) is 0 Å². The van der Waals surface area contributed by atoms with Crippen molar-refractivity contribution in [1.29, 1.82) is 0 Å². The van der Waals surface area contributed by atoms with Gasteiger partial charge in [-0.2, -0.15) is 0 Å². The lowest BCUT2D eigenvalue weighted by Gasteiger charge is -2.18. The number of hydrogen-bond acceptors (Lipinski definition) is 2. The van der Waals surface area contributed by atoms with Crippen molar-refractivity contribution in [3.63, 3.8) is 0 Å². The minimum Gasteiger partial charge on any atom is -0.456 e. The molecule has 2 heteroatoms. The molecule has 0 bridgehead atoms. The molecule has 2 aromatic heterocycles. The third-order valence-corrected chi connectivity index (χ3v) is 9.73. The first kappa shape index (κ1) is 25.5. The fourth-order valence-corrected chi connectivity index (χ4v) is 7.72. The van der Waals surface area contributed by atoms with Crippen LogP contribution in [-0.4, -0.2) is 0 Å². The van der Waals surface area contributed by atoms with E-state index in [9.17, 15) is 0 Å². The Morgan fingerprint density at radius 1 is 0.435 bits per heavy atom. The molecule has 216 valence electrons. The molecule has 2 nitrogen and oxygen atoms in total. The summed E-state index contributed by atoms with van der Waals surface area (Å²) >= 11 is 0. The van der Waals surface area contributed by atoms with Gasteiger partial charge in [0.2, 0.25) is 0 Å². The monoisotopic (exact) mass is 588 g/mol. The Morgan fingerprint density at radius 2 is 1.07 bits per heavy atom. The molecular formula is C44H28O2. The summed E-state index contributed by atoms with van der Waals surface area (Å²) in [6, 6.07) is 48.1. The quantitative estimate of drug-likeness (QED) is 0.192. The van der Waals surface area contributed by atoms with Crippen molar-refractivity contribution in [2.24, 2.45) is 0 Å². The summed E-state index contributed by atoms with van der Waals surface area (Å²) in [4.78, 5) is 0. The van der Waals surface area contributed by atoms with Gasteiger partial charge in [0.05, 0.1) is 0 Å². The zero-order valence-corrected chi connectivity index (χ0v) is 25.1. The van der Waals surface area contributed by atoms with Crippen molar-refractivity contribution in [3.8, 4) is 33.4 Å². The highest BCUT2D eigenvalue weighted by atomic mass is 16.3. The Kier molecular flexibility index (Phi) is 5.44. The molecule has 1 aliphatic carbocycles. The maximum atomic E-state index is 6.60. The molecule has 46 heavy (non-hydrogen) atoms. The van der Waals surface area contributed by atoms with E-state index in [1.54, 1.807) is 0 Å². The summed E-state index contributed by atoms with van der Waals surface area (Å²) in [7, 11) is 0. The fourth-order valence-electron chi connectivity index (χ4n) is 7.72. The van der Waals surface area contributed by atoms with E-state index in [-0.39, 0.29) is 0 Å². The van der Waals surface area contributed by atoms with Crippen LogP contribution < -0.4 is 0 Å². The van der Waals surface area contributed by atoms with Crippen LogP contribution in [0.5, 0.6) is 0 Å². The first-order valence-corrected chi connectivity index (χ1v) is 16.0. The Morgan fingerprint density at radius 3 is 1.85 bits per heavy atom. The van der Waals surface area contributed by atoms with Crippen molar-refractivity contribution in [2.45, 2.75) is 12.8 Å². The fraction of sp³-hybridized carbons (Fsp3) is 0.0455. The smallest absolute Gasteiger partial charge is 0.136 e. The minimum atomic E-state index is 0.890. The molecule has 9 aromatic rings. The third kappa shape index (κ3) is 3.71. The van der Waals surface area contributed by atoms with Gasteiger partial charge in [-0.05, 0) is 98.1 Å². The zero-order chi connectivity index (χ0) is 30.2. The van der Waals surface area contributed by atoms with Gasteiger partial charge in [-0.1, -0.05) is 115 Å². The zero-order valence-electron chi connectivity index (χ0n) is 25.1. The number of hydrogen-bond donors (Lipinski definition) is 0. The molecule has 7 aromatic carbocycles. The average molecular weight is 589 g/mol. The van der Waals surface area contributed by atoms with Gasteiger partial charge in [0.1, 0.15) is 22.5 Å². The molecule has 0 unspecified atom stereocenters. The van der Waals surface area contributed by atoms with Crippen LogP contribution in [0.15, 0.2) is 148 Å². The second-order valence-corrected chi connectivity index (χ2v) is 12.3. The highest BCUT2D eigenvalue weighted by molar-refractivity contribution is 6.26. The molecule has 0 spiro atoms. The maximum absolute atomic E-state index is 6.60. The van der Waals surface area contributed by atoms with Crippen molar-refractivity contribution >= 4 is 60.5 Å². The number of furan rings is 2. The first-order chi connectivity index (χ1) is 22.8. The van der Waals surface area contributed by atoms with Gasteiger partial charge in [-0.3, -0.25) is 0 Å². The number of fused-ring (bicyclic) bond motifs is 8. The summed E-state index contributed by atoms with van der Waals surface area (Å²) < 4.78 is 13.0. The lowest BCUT2D eigenvalue weighted by atomic mass is 9.84. The van der Waals surface area contributed by atoms with Crippen LogP contribution in [0.1, 0.15) is 17.7 Å². The largest absolute Gasteiger partial charge is 0.456 e. The minimum absolute atomic E-state index is 0.890. The molecule has 10 rings (SSSR count). The van der Waals surface area contributed by atoms with Gasteiger partial charge in [-0.15, -0.1) is 0 Å². The molecule has 0 atom stereocenters. The van der Waals surface area contributed by atoms with E-state index >= 15 is 0 Å². The molecule has 0 saturated carbocycles.